The Labute approximate surface area is 147 Å². The molecule has 24 heavy (non-hydrogen) atoms. The standard InChI is InChI=1S/C18H22ClNO4/c1-22-17-9-16(18(23-2)8-15(17)19)20-10-14(21)12-24-11-13-6-4-3-5-7-13/h3-9,14,20-21H,10-12H2,1-2H3. The van der Waals surface area contributed by atoms with Gasteiger partial charge in [-0.05, 0) is 5.56 Å². The van der Waals surface area contributed by atoms with Crippen molar-refractivity contribution < 1.29 is 19.3 Å². The second kappa shape index (κ2) is 9.37. The molecule has 2 aromatic rings. The number of rotatable bonds is 9. The maximum Gasteiger partial charge on any atom is 0.143 e. The zero-order valence-electron chi connectivity index (χ0n) is 13.8. The lowest BCUT2D eigenvalue weighted by molar-refractivity contribution is 0.0348. The molecule has 2 N–H and O–H groups in total. The maximum absolute atomic E-state index is 10.0. The van der Waals surface area contributed by atoms with Crippen molar-refractivity contribution in [2.45, 2.75) is 12.7 Å². The van der Waals surface area contributed by atoms with Gasteiger partial charge in [0.2, 0.25) is 0 Å². The number of benzene rings is 2. The van der Waals surface area contributed by atoms with Crippen molar-refractivity contribution in [1.29, 1.82) is 0 Å². The molecule has 1 atom stereocenters. The average molecular weight is 352 g/mol. The highest BCUT2D eigenvalue weighted by Crippen LogP contribution is 2.35. The summed E-state index contributed by atoms with van der Waals surface area (Å²) in [4.78, 5) is 0. The predicted octanol–water partition coefficient (Wildman–Crippen LogP) is 3.35. The third-order valence-corrected chi connectivity index (χ3v) is 3.72. The fourth-order valence-corrected chi connectivity index (χ4v) is 2.40. The normalized spacial score (nSPS) is 11.8. The van der Waals surface area contributed by atoms with Gasteiger partial charge in [-0.2, -0.15) is 0 Å². The summed E-state index contributed by atoms with van der Waals surface area (Å²) in [5.74, 6) is 1.12. The average Bonchev–Trinajstić information content (AvgIpc) is 2.61. The van der Waals surface area contributed by atoms with Crippen LogP contribution in [0.25, 0.3) is 0 Å². The molecule has 6 heteroatoms. The minimum Gasteiger partial charge on any atom is -0.495 e. The molecule has 0 aromatic heterocycles. The molecule has 130 valence electrons. The van der Waals surface area contributed by atoms with Gasteiger partial charge < -0.3 is 24.6 Å². The van der Waals surface area contributed by atoms with Gasteiger partial charge in [0.15, 0.2) is 0 Å². The molecule has 0 aliphatic rings. The Hall–Kier alpha value is -1.95. The Morgan fingerprint density at radius 2 is 1.79 bits per heavy atom. The van der Waals surface area contributed by atoms with E-state index < -0.39 is 6.10 Å². The number of halogens is 1. The Balaban J connectivity index is 1.83. The number of aliphatic hydroxyl groups excluding tert-OH is 1. The van der Waals surface area contributed by atoms with E-state index in [0.29, 0.717) is 35.4 Å². The van der Waals surface area contributed by atoms with Gasteiger partial charge in [-0.3, -0.25) is 0 Å². The van der Waals surface area contributed by atoms with Crippen molar-refractivity contribution in [3.8, 4) is 11.5 Å². The summed E-state index contributed by atoms with van der Waals surface area (Å²) < 4.78 is 16.0. The maximum atomic E-state index is 10.0. The number of methoxy groups -OCH3 is 2. The lowest BCUT2D eigenvalue weighted by Crippen LogP contribution is -2.25. The SMILES string of the molecule is COc1cc(NCC(O)COCc2ccccc2)c(OC)cc1Cl. The number of hydrogen-bond donors (Lipinski definition) is 2. The molecule has 5 nitrogen and oxygen atoms in total. The third-order valence-electron chi connectivity index (χ3n) is 3.42. The van der Waals surface area contributed by atoms with E-state index in [9.17, 15) is 5.11 Å². The van der Waals surface area contributed by atoms with Crippen LogP contribution in [0.5, 0.6) is 11.5 Å². The summed E-state index contributed by atoms with van der Waals surface area (Å²) in [6.45, 7) is 1.01. The van der Waals surface area contributed by atoms with Crippen LogP contribution in [0.2, 0.25) is 5.02 Å². The molecule has 1 unspecified atom stereocenters. The zero-order valence-corrected chi connectivity index (χ0v) is 14.5. The van der Waals surface area contributed by atoms with Crippen molar-refractivity contribution in [2.24, 2.45) is 0 Å². The molecule has 2 aromatic carbocycles. The van der Waals surface area contributed by atoms with Crippen LogP contribution >= 0.6 is 11.6 Å². The fourth-order valence-electron chi connectivity index (χ4n) is 2.17. The van der Waals surface area contributed by atoms with Crippen molar-refractivity contribution >= 4 is 17.3 Å². The summed E-state index contributed by atoms with van der Waals surface area (Å²) in [5.41, 5.74) is 1.77. The summed E-state index contributed by atoms with van der Waals surface area (Å²) in [6.07, 6.45) is -0.653. The van der Waals surface area contributed by atoms with E-state index in [1.54, 1.807) is 26.4 Å². The van der Waals surface area contributed by atoms with E-state index in [2.05, 4.69) is 5.32 Å². The van der Waals surface area contributed by atoms with E-state index in [-0.39, 0.29) is 6.61 Å². The van der Waals surface area contributed by atoms with Gasteiger partial charge in [0.05, 0.1) is 44.2 Å². The second-order valence-electron chi connectivity index (χ2n) is 5.22. The Bertz CT molecular complexity index is 636. The van der Waals surface area contributed by atoms with Gasteiger partial charge >= 0.3 is 0 Å². The molecule has 0 bridgehead atoms. The molecule has 2 rings (SSSR count). The molecular formula is C18H22ClNO4. The highest BCUT2D eigenvalue weighted by molar-refractivity contribution is 6.32. The molecule has 0 amide bonds. The number of ether oxygens (including phenoxy) is 3. The van der Waals surface area contributed by atoms with E-state index in [4.69, 9.17) is 25.8 Å². The van der Waals surface area contributed by atoms with Gasteiger partial charge in [-0.1, -0.05) is 41.9 Å². The summed E-state index contributed by atoms with van der Waals surface area (Å²) >= 11 is 6.07. The summed E-state index contributed by atoms with van der Waals surface area (Å²) in [6, 6.07) is 13.2. The Kier molecular flexibility index (Phi) is 7.18. The van der Waals surface area contributed by atoms with Crippen LogP contribution in [0.4, 0.5) is 5.69 Å². The van der Waals surface area contributed by atoms with Gasteiger partial charge in [0.1, 0.15) is 11.5 Å². The Morgan fingerprint density at radius 1 is 1.08 bits per heavy atom. The van der Waals surface area contributed by atoms with Gasteiger partial charge in [0.25, 0.3) is 0 Å². The second-order valence-corrected chi connectivity index (χ2v) is 5.63. The van der Waals surface area contributed by atoms with E-state index in [1.165, 1.54) is 0 Å². The smallest absolute Gasteiger partial charge is 0.143 e. The van der Waals surface area contributed by atoms with Crippen molar-refractivity contribution in [1.82, 2.24) is 0 Å². The largest absolute Gasteiger partial charge is 0.495 e. The third kappa shape index (κ3) is 5.30. The highest BCUT2D eigenvalue weighted by atomic mass is 35.5. The van der Waals surface area contributed by atoms with Gasteiger partial charge in [-0.25, -0.2) is 0 Å². The van der Waals surface area contributed by atoms with Crippen LogP contribution in [-0.4, -0.2) is 38.6 Å². The molecule has 0 aliphatic carbocycles. The number of anilines is 1. The van der Waals surface area contributed by atoms with Crippen LogP contribution in [0.3, 0.4) is 0 Å². The molecule has 0 heterocycles. The fraction of sp³-hybridized carbons (Fsp3) is 0.333. The van der Waals surface area contributed by atoms with Crippen LogP contribution < -0.4 is 14.8 Å². The number of aliphatic hydroxyl groups is 1. The Morgan fingerprint density at radius 3 is 2.46 bits per heavy atom. The summed E-state index contributed by atoms with van der Waals surface area (Å²) in [5, 5.41) is 13.6. The van der Waals surface area contributed by atoms with E-state index >= 15 is 0 Å². The van der Waals surface area contributed by atoms with Gasteiger partial charge in [-0.15, -0.1) is 0 Å². The number of nitrogens with one attached hydrogen (secondary N) is 1. The first-order valence-electron chi connectivity index (χ1n) is 7.59. The molecular weight excluding hydrogens is 330 g/mol. The lowest BCUT2D eigenvalue weighted by atomic mass is 10.2. The van der Waals surface area contributed by atoms with Gasteiger partial charge in [0, 0.05) is 18.7 Å². The molecule has 0 radical (unpaired) electrons. The molecule has 0 saturated carbocycles. The van der Waals surface area contributed by atoms with E-state index in [1.807, 2.05) is 30.3 Å². The van der Waals surface area contributed by atoms with Crippen LogP contribution in [0.15, 0.2) is 42.5 Å². The van der Waals surface area contributed by atoms with Crippen LogP contribution in [0.1, 0.15) is 5.56 Å². The first kappa shape index (κ1) is 18.4. The summed E-state index contributed by atoms with van der Waals surface area (Å²) in [7, 11) is 3.10. The van der Waals surface area contributed by atoms with Crippen molar-refractivity contribution in [3.05, 3.63) is 53.1 Å². The predicted molar refractivity (Wildman–Crippen MR) is 95.2 cm³/mol. The molecule has 0 saturated heterocycles. The van der Waals surface area contributed by atoms with Crippen molar-refractivity contribution in [3.63, 3.8) is 0 Å². The topological polar surface area (TPSA) is 60.0 Å². The van der Waals surface area contributed by atoms with Crippen LogP contribution in [0, 0.1) is 0 Å². The van der Waals surface area contributed by atoms with E-state index in [0.717, 1.165) is 5.56 Å². The quantitative estimate of drug-likeness (QED) is 0.725. The monoisotopic (exact) mass is 351 g/mol. The first-order chi connectivity index (χ1) is 11.6. The molecule has 0 spiro atoms. The number of hydrogen-bond acceptors (Lipinski definition) is 5. The zero-order chi connectivity index (χ0) is 17.4. The first-order valence-corrected chi connectivity index (χ1v) is 7.97. The highest BCUT2D eigenvalue weighted by Gasteiger charge is 2.11. The minimum absolute atomic E-state index is 0.231. The molecule has 0 aliphatic heterocycles. The van der Waals surface area contributed by atoms with Crippen LogP contribution in [-0.2, 0) is 11.3 Å². The molecule has 0 fully saturated rings. The lowest BCUT2D eigenvalue weighted by Gasteiger charge is -2.16. The van der Waals surface area contributed by atoms with Crippen molar-refractivity contribution in [2.75, 3.05) is 32.7 Å². The minimum atomic E-state index is -0.653.